The molecular weight excluding hydrogens is 620 g/mol. The third-order valence-corrected chi connectivity index (χ3v) is 14.8. The third-order valence-electron chi connectivity index (χ3n) is 14.0. The second kappa shape index (κ2) is 10.3. The third kappa shape index (κ3) is 4.40. The molecule has 44 heavy (non-hydrogen) atoms. The molecule has 0 spiro atoms. The van der Waals surface area contributed by atoms with Gasteiger partial charge < -0.3 is 14.2 Å². The molecule has 0 N–H and O–H groups in total. The summed E-state index contributed by atoms with van der Waals surface area (Å²) in [4.78, 5) is 37.2. The van der Waals surface area contributed by atoms with Crippen molar-refractivity contribution in [2.45, 2.75) is 132 Å². The van der Waals surface area contributed by atoms with E-state index in [1.54, 1.807) is 0 Å². The minimum Gasteiger partial charge on any atom is -0.425 e. The SMILES string of the molecule is CC(=O)Oc1c(Br)c(OC(C)=O)c(OC(C)=O)c2c1CC1C2(C)CCC2C1(C)CCC1C3(C)CCCC(C)(C)C3CCC12C. The molecule has 0 saturated heterocycles. The van der Waals surface area contributed by atoms with Crippen LogP contribution in [0.1, 0.15) is 131 Å². The lowest BCUT2D eigenvalue weighted by Crippen LogP contribution is -2.64. The monoisotopic (exact) mass is 670 g/mol. The van der Waals surface area contributed by atoms with Crippen molar-refractivity contribution in [3.63, 3.8) is 0 Å². The Kier molecular flexibility index (Phi) is 7.51. The summed E-state index contributed by atoms with van der Waals surface area (Å²) in [5, 5.41) is 0. The predicted octanol–water partition coefficient (Wildman–Crippen LogP) is 9.11. The van der Waals surface area contributed by atoms with E-state index in [0.717, 1.165) is 42.2 Å². The summed E-state index contributed by atoms with van der Waals surface area (Å²) < 4.78 is 17.8. The Hall–Kier alpha value is -1.89. The molecule has 4 fully saturated rings. The molecule has 7 heteroatoms. The number of halogens is 1. The smallest absolute Gasteiger partial charge is 0.308 e. The van der Waals surface area contributed by atoms with E-state index in [1.807, 2.05) is 0 Å². The molecule has 0 aliphatic heterocycles. The number of carbonyl (C=O) groups is 3. The van der Waals surface area contributed by atoms with Crippen LogP contribution in [0.25, 0.3) is 0 Å². The molecule has 1 aromatic rings. The molecule has 0 bridgehead atoms. The molecule has 242 valence electrons. The lowest BCUT2D eigenvalue weighted by Gasteiger charge is -2.71. The fourth-order valence-corrected chi connectivity index (χ4v) is 13.3. The highest BCUT2D eigenvalue weighted by molar-refractivity contribution is 9.10. The zero-order valence-corrected chi connectivity index (χ0v) is 29.8. The Bertz CT molecular complexity index is 1430. The Labute approximate surface area is 271 Å². The van der Waals surface area contributed by atoms with Gasteiger partial charge in [0.1, 0.15) is 4.47 Å². The first-order valence-corrected chi connectivity index (χ1v) is 17.6. The number of ether oxygens (including phenoxy) is 3. The number of carbonyl (C=O) groups excluding carboxylic acids is 3. The molecule has 0 radical (unpaired) electrons. The number of esters is 3. The normalized spacial score (nSPS) is 40.0. The fraction of sp³-hybridized carbons (Fsp3) is 0.757. The van der Waals surface area contributed by atoms with Crippen LogP contribution in [-0.4, -0.2) is 17.9 Å². The number of hydrogen-bond acceptors (Lipinski definition) is 6. The van der Waals surface area contributed by atoms with Crippen LogP contribution in [-0.2, 0) is 26.2 Å². The van der Waals surface area contributed by atoms with Crippen LogP contribution in [0.15, 0.2) is 4.47 Å². The van der Waals surface area contributed by atoms with Crippen LogP contribution in [0, 0.1) is 45.3 Å². The van der Waals surface area contributed by atoms with E-state index in [-0.39, 0.29) is 33.7 Å². The van der Waals surface area contributed by atoms with Gasteiger partial charge in [-0.2, -0.15) is 0 Å². The maximum Gasteiger partial charge on any atom is 0.308 e. The standard InChI is InChI=1S/C37H51BrO6/c1-20(39)42-30-23-19-27-36(8)17-12-25-34(6)15-10-14-33(4,5)24(34)11-16-35(25,7)26(36)13-18-37(27,9)28(23)31(43-21(2)40)32(29(30)38)44-22(3)41/h24-27H,10-19H2,1-9H3. The minimum atomic E-state index is -0.538. The molecular formula is C37H51BrO6. The van der Waals surface area contributed by atoms with Gasteiger partial charge in [-0.1, -0.05) is 48.0 Å². The van der Waals surface area contributed by atoms with E-state index in [1.165, 1.54) is 65.7 Å². The maximum absolute atomic E-state index is 12.5. The van der Waals surface area contributed by atoms with E-state index in [4.69, 9.17) is 14.2 Å². The molecule has 8 unspecified atom stereocenters. The summed E-state index contributed by atoms with van der Waals surface area (Å²) in [5.41, 5.74) is 2.52. The zero-order valence-electron chi connectivity index (χ0n) is 28.2. The first-order valence-electron chi connectivity index (χ1n) is 16.8. The lowest BCUT2D eigenvalue weighted by molar-refractivity contribution is -0.216. The summed E-state index contributed by atoms with van der Waals surface area (Å²) in [6.07, 6.45) is 11.8. The number of hydrogen-bond donors (Lipinski definition) is 0. The van der Waals surface area contributed by atoms with Gasteiger partial charge in [0.05, 0.1) is 0 Å². The zero-order chi connectivity index (χ0) is 32.2. The van der Waals surface area contributed by atoms with Crippen LogP contribution in [0.5, 0.6) is 17.2 Å². The van der Waals surface area contributed by atoms with Gasteiger partial charge in [0.2, 0.25) is 0 Å². The Morgan fingerprint density at radius 3 is 1.68 bits per heavy atom. The van der Waals surface area contributed by atoms with Crippen molar-refractivity contribution in [3.05, 3.63) is 15.6 Å². The molecule has 0 aromatic heterocycles. The molecule has 6 rings (SSSR count). The highest BCUT2D eigenvalue weighted by Crippen LogP contribution is 2.76. The Morgan fingerprint density at radius 1 is 0.614 bits per heavy atom. The van der Waals surface area contributed by atoms with Crippen molar-refractivity contribution in [3.8, 4) is 17.2 Å². The topological polar surface area (TPSA) is 78.9 Å². The Balaban J connectivity index is 1.47. The van der Waals surface area contributed by atoms with Crippen LogP contribution in [0.2, 0.25) is 0 Å². The first-order chi connectivity index (χ1) is 20.4. The van der Waals surface area contributed by atoms with Crippen molar-refractivity contribution in [2.75, 3.05) is 0 Å². The average Bonchev–Trinajstić information content (AvgIpc) is 3.21. The van der Waals surface area contributed by atoms with Crippen molar-refractivity contribution in [2.24, 2.45) is 45.3 Å². The second-order valence-corrected chi connectivity index (χ2v) is 17.5. The summed E-state index contributed by atoms with van der Waals surface area (Å²) >= 11 is 3.59. The average molecular weight is 672 g/mol. The molecule has 1 aromatic carbocycles. The van der Waals surface area contributed by atoms with Crippen molar-refractivity contribution < 1.29 is 28.6 Å². The number of fused-ring (bicyclic) bond motifs is 9. The van der Waals surface area contributed by atoms with Gasteiger partial charge in [-0.3, -0.25) is 14.4 Å². The van der Waals surface area contributed by atoms with E-state index >= 15 is 0 Å². The summed E-state index contributed by atoms with van der Waals surface area (Å²) in [5.74, 6) is 1.66. The number of benzene rings is 1. The van der Waals surface area contributed by atoms with Gasteiger partial charge in [-0.25, -0.2) is 0 Å². The number of rotatable bonds is 3. The molecule has 4 saturated carbocycles. The summed E-state index contributed by atoms with van der Waals surface area (Å²) in [7, 11) is 0. The molecule has 6 nitrogen and oxygen atoms in total. The molecule has 0 heterocycles. The van der Waals surface area contributed by atoms with Crippen LogP contribution in [0.3, 0.4) is 0 Å². The summed E-state index contributed by atoms with van der Waals surface area (Å²) in [6.45, 7) is 19.2. The van der Waals surface area contributed by atoms with Gasteiger partial charge >= 0.3 is 17.9 Å². The van der Waals surface area contributed by atoms with E-state index in [9.17, 15) is 14.4 Å². The highest BCUT2D eigenvalue weighted by Gasteiger charge is 2.69. The molecule has 5 aliphatic carbocycles. The van der Waals surface area contributed by atoms with E-state index in [0.29, 0.717) is 27.0 Å². The largest absolute Gasteiger partial charge is 0.425 e. The maximum atomic E-state index is 12.5. The van der Waals surface area contributed by atoms with Gasteiger partial charge in [-0.15, -0.1) is 0 Å². The van der Waals surface area contributed by atoms with Crippen molar-refractivity contribution in [1.29, 1.82) is 0 Å². The van der Waals surface area contributed by atoms with Crippen LogP contribution in [0.4, 0.5) is 0 Å². The van der Waals surface area contributed by atoms with Gasteiger partial charge in [0.15, 0.2) is 17.2 Å². The predicted molar refractivity (Wildman–Crippen MR) is 173 cm³/mol. The van der Waals surface area contributed by atoms with Crippen molar-refractivity contribution in [1.82, 2.24) is 0 Å². The quantitative estimate of drug-likeness (QED) is 0.236. The summed E-state index contributed by atoms with van der Waals surface area (Å²) in [6, 6.07) is 0. The molecule has 8 atom stereocenters. The first kappa shape index (κ1) is 32.1. The van der Waals surface area contributed by atoms with Crippen LogP contribution < -0.4 is 14.2 Å². The Morgan fingerprint density at radius 2 is 1.09 bits per heavy atom. The van der Waals surface area contributed by atoms with E-state index in [2.05, 4.69) is 57.5 Å². The highest BCUT2D eigenvalue weighted by atomic mass is 79.9. The lowest BCUT2D eigenvalue weighted by atomic mass is 9.34. The fourth-order valence-electron chi connectivity index (χ4n) is 12.8. The van der Waals surface area contributed by atoms with Gasteiger partial charge in [0.25, 0.3) is 0 Å². The van der Waals surface area contributed by atoms with Crippen LogP contribution >= 0.6 is 15.9 Å². The molecule has 5 aliphatic rings. The molecule has 0 amide bonds. The second-order valence-electron chi connectivity index (χ2n) is 16.7. The van der Waals surface area contributed by atoms with Crippen molar-refractivity contribution >= 4 is 33.8 Å². The van der Waals surface area contributed by atoms with E-state index < -0.39 is 17.9 Å². The minimum absolute atomic E-state index is 0.0553. The van der Waals surface area contributed by atoms with Gasteiger partial charge in [-0.05, 0) is 119 Å². The van der Waals surface area contributed by atoms with Gasteiger partial charge in [0, 0.05) is 37.3 Å².